The van der Waals surface area contributed by atoms with Crippen molar-refractivity contribution in [2.45, 2.75) is 45.1 Å². The number of likely N-dealkylation sites (N-methyl/N-ethyl adjacent to an activating group) is 1. The highest BCUT2D eigenvalue weighted by Crippen LogP contribution is 2.37. The van der Waals surface area contributed by atoms with Gasteiger partial charge >= 0.3 is 6.03 Å². The summed E-state index contributed by atoms with van der Waals surface area (Å²) in [6.07, 6.45) is 2.61. The highest BCUT2D eigenvalue weighted by molar-refractivity contribution is 6.07. The van der Waals surface area contributed by atoms with Crippen molar-refractivity contribution in [1.29, 1.82) is 0 Å². The van der Waals surface area contributed by atoms with Crippen LogP contribution in [0.3, 0.4) is 0 Å². The Hall–Kier alpha value is -3.19. The molecule has 2 aromatic rings. The number of imide groups is 1. The minimum Gasteiger partial charge on any atom is -0.339 e. The van der Waals surface area contributed by atoms with E-state index in [2.05, 4.69) is 23.5 Å². The van der Waals surface area contributed by atoms with Crippen molar-refractivity contribution in [3.63, 3.8) is 0 Å². The second kappa shape index (κ2) is 10.8. The van der Waals surface area contributed by atoms with Crippen LogP contribution in [0, 0.1) is 19.8 Å². The number of aryl methyl sites for hydroxylation is 3. The second-order valence-electron chi connectivity index (χ2n) is 10.6. The van der Waals surface area contributed by atoms with E-state index in [9.17, 15) is 14.4 Å². The van der Waals surface area contributed by atoms with Gasteiger partial charge in [-0.05, 0) is 77.2 Å². The number of benzene rings is 2. The normalized spacial score (nSPS) is 20.8. The van der Waals surface area contributed by atoms with E-state index in [4.69, 9.17) is 0 Å². The van der Waals surface area contributed by atoms with Crippen LogP contribution in [-0.4, -0.2) is 78.4 Å². The van der Waals surface area contributed by atoms with Crippen LogP contribution in [0.4, 0.5) is 4.79 Å². The Balaban J connectivity index is 1.52. The molecule has 2 heterocycles. The second-order valence-corrected chi connectivity index (χ2v) is 10.6. The summed E-state index contributed by atoms with van der Waals surface area (Å²) in [5.74, 6) is -0.109. The van der Waals surface area contributed by atoms with Crippen molar-refractivity contribution in [3.8, 4) is 0 Å². The Bertz CT molecular complexity index is 1090. The van der Waals surface area contributed by atoms with Gasteiger partial charge in [0.25, 0.3) is 11.8 Å². The molecule has 2 aromatic carbocycles. The van der Waals surface area contributed by atoms with E-state index in [0.29, 0.717) is 57.4 Å². The number of hydrogen-bond acceptors (Lipinski definition) is 4. The van der Waals surface area contributed by atoms with Crippen LogP contribution in [0.1, 0.15) is 46.3 Å². The fourth-order valence-corrected chi connectivity index (χ4v) is 5.64. The monoisotopic (exact) mass is 490 g/mol. The van der Waals surface area contributed by atoms with Gasteiger partial charge in [0.05, 0.1) is 0 Å². The quantitative estimate of drug-likeness (QED) is 0.574. The molecule has 2 saturated heterocycles. The standard InChI is InChI=1S/C29H38N4O3/c1-21-18-22(2)20-24(19-21)26(34)32-14-11-25(12-15-32)29(13-10-23-8-6-5-7-9-23)27(35)33(28(36)30-29)17-16-31(3)4/h5-9,18-20,25H,10-17H2,1-4H3,(H,30,36)/t29-/m0/s1. The highest BCUT2D eigenvalue weighted by atomic mass is 16.2. The molecule has 1 N–H and O–H groups in total. The predicted octanol–water partition coefficient (Wildman–Crippen LogP) is 3.64. The Labute approximate surface area is 214 Å². The van der Waals surface area contributed by atoms with Gasteiger partial charge in [-0.15, -0.1) is 0 Å². The third-order valence-electron chi connectivity index (χ3n) is 7.57. The summed E-state index contributed by atoms with van der Waals surface area (Å²) in [5, 5.41) is 3.14. The number of urea groups is 1. The Morgan fingerprint density at radius 3 is 2.28 bits per heavy atom. The number of carbonyl (C=O) groups excluding carboxylic acids is 3. The lowest BCUT2D eigenvalue weighted by molar-refractivity contribution is -0.134. The molecule has 0 aliphatic carbocycles. The maximum absolute atomic E-state index is 13.8. The van der Waals surface area contributed by atoms with Gasteiger partial charge in [-0.25, -0.2) is 4.79 Å². The number of nitrogens with zero attached hydrogens (tertiary/aromatic N) is 3. The van der Waals surface area contributed by atoms with Crippen LogP contribution < -0.4 is 5.32 Å². The highest BCUT2D eigenvalue weighted by Gasteiger charge is 2.55. The van der Waals surface area contributed by atoms with Crippen molar-refractivity contribution in [3.05, 3.63) is 70.8 Å². The predicted molar refractivity (Wildman–Crippen MR) is 141 cm³/mol. The number of amides is 4. The summed E-state index contributed by atoms with van der Waals surface area (Å²) in [6.45, 7) is 6.15. The molecule has 0 radical (unpaired) electrons. The zero-order chi connectivity index (χ0) is 25.9. The van der Waals surface area contributed by atoms with E-state index in [1.54, 1.807) is 0 Å². The first-order valence-corrected chi connectivity index (χ1v) is 12.9. The Kier molecular flexibility index (Phi) is 7.79. The Morgan fingerprint density at radius 1 is 1.03 bits per heavy atom. The van der Waals surface area contributed by atoms with Gasteiger partial charge in [-0.2, -0.15) is 0 Å². The molecule has 1 atom stereocenters. The number of rotatable bonds is 8. The summed E-state index contributed by atoms with van der Waals surface area (Å²) in [6, 6.07) is 15.7. The Morgan fingerprint density at radius 2 is 1.67 bits per heavy atom. The minimum atomic E-state index is -0.936. The maximum Gasteiger partial charge on any atom is 0.325 e. The zero-order valence-corrected chi connectivity index (χ0v) is 21.9. The van der Waals surface area contributed by atoms with Crippen molar-refractivity contribution >= 4 is 17.8 Å². The third-order valence-corrected chi connectivity index (χ3v) is 7.57. The summed E-state index contributed by atoms with van der Waals surface area (Å²) in [5.41, 5.74) is 3.07. The summed E-state index contributed by atoms with van der Waals surface area (Å²) < 4.78 is 0. The van der Waals surface area contributed by atoms with Crippen molar-refractivity contribution < 1.29 is 14.4 Å². The lowest BCUT2D eigenvalue weighted by atomic mass is 9.74. The SMILES string of the molecule is Cc1cc(C)cc(C(=O)N2CCC([C@]3(CCc4ccccc4)NC(=O)N(CCN(C)C)C3=O)CC2)c1. The lowest BCUT2D eigenvalue weighted by Gasteiger charge is -2.41. The van der Waals surface area contributed by atoms with Crippen molar-refractivity contribution in [1.82, 2.24) is 20.0 Å². The largest absolute Gasteiger partial charge is 0.339 e. The smallest absolute Gasteiger partial charge is 0.325 e. The first kappa shape index (κ1) is 25.9. The molecule has 0 spiro atoms. The van der Waals surface area contributed by atoms with Crippen LogP contribution in [0.5, 0.6) is 0 Å². The fraction of sp³-hybridized carbons (Fsp3) is 0.483. The molecule has 4 amide bonds. The molecular weight excluding hydrogens is 452 g/mol. The van der Waals surface area contributed by atoms with Crippen LogP contribution in [0.2, 0.25) is 0 Å². The molecule has 7 nitrogen and oxygen atoms in total. The molecule has 0 bridgehead atoms. The molecule has 2 fully saturated rings. The average Bonchev–Trinajstić information content (AvgIpc) is 3.10. The van der Waals surface area contributed by atoms with Gasteiger partial charge < -0.3 is 15.1 Å². The summed E-state index contributed by atoms with van der Waals surface area (Å²) in [4.78, 5) is 45.3. The molecule has 7 heteroatoms. The van der Waals surface area contributed by atoms with Crippen LogP contribution >= 0.6 is 0 Å². The molecular formula is C29H38N4O3. The molecule has 192 valence electrons. The van der Waals surface area contributed by atoms with Crippen LogP contribution in [0.25, 0.3) is 0 Å². The summed E-state index contributed by atoms with van der Waals surface area (Å²) >= 11 is 0. The first-order valence-electron chi connectivity index (χ1n) is 12.9. The zero-order valence-electron chi connectivity index (χ0n) is 21.9. The third kappa shape index (κ3) is 5.46. The lowest BCUT2D eigenvalue weighted by Crippen LogP contribution is -2.57. The van der Waals surface area contributed by atoms with Gasteiger partial charge in [0.15, 0.2) is 0 Å². The molecule has 36 heavy (non-hydrogen) atoms. The van der Waals surface area contributed by atoms with E-state index in [1.807, 2.05) is 68.1 Å². The molecule has 0 aromatic heterocycles. The number of nitrogens with one attached hydrogen (secondary N) is 1. The van der Waals surface area contributed by atoms with E-state index in [-0.39, 0.29) is 23.8 Å². The molecule has 2 aliphatic rings. The van der Waals surface area contributed by atoms with Gasteiger partial charge in [0.1, 0.15) is 5.54 Å². The number of carbonyl (C=O) groups is 3. The average molecular weight is 491 g/mol. The van der Waals surface area contributed by atoms with Gasteiger partial charge in [-0.1, -0.05) is 47.5 Å². The molecule has 4 rings (SSSR count). The van der Waals surface area contributed by atoms with E-state index < -0.39 is 5.54 Å². The van der Waals surface area contributed by atoms with Crippen LogP contribution in [-0.2, 0) is 11.2 Å². The molecule has 2 aliphatic heterocycles. The topological polar surface area (TPSA) is 73.0 Å². The number of hydrogen-bond donors (Lipinski definition) is 1. The molecule has 0 saturated carbocycles. The number of likely N-dealkylation sites (tertiary alicyclic amines) is 1. The van der Waals surface area contributed by atoms with E-state index in [0.717, 1.165) is 16.7 Å². The number of piperidine rings is 1. The van der Waals surface area contributed by atoms with E-state index >= 15 is 0 Å². The van der Waals surface area contributed by atoms with Gasteiger partial charge in [-0.3, -0.25) is 14.5 Å². The maximum atomic E-state index is 13.8. The van der Waals surface area contributed by atoms with Crippen LogP contribution in [0.15, 0.2) is 48.5 Å². The van der Waals surface area contributed by atoms with E-state index in [1.165, 1.54) is 4.90 Å². The fourth-order valence-electron chi connectivity index (χ4n) is 5.64. The first-order chi connectivity index (χ1) is 17.2. The van der Waals surface area contributed by atoms with Crippen molar-refractivity contribution in [2.24, 2.45) is 5.92 Å². The molecule has 0 unspecified atom stereocenters. The van der Waals surface area contributed by atoms with Gasteiger partial charge in [0, 0.05) is 31.7 Å². The van der Waals surface area contributed by atoms with Crippen molar-refractivity contribution in [2.75, 3.05) is 40.3 Å². The van der Waals surface area contributed by atoms with Gasteiger partial charge in [0.2, 0.25) is 0 Å². The minimum absolute atomic E-state index is 0.0229. The summed E-state index contributed by atoms with van der Waals surface area (Å²) in [7, 11) is 3.87.